The molecule has 0 spiro atoms. The second kappa shape index (κ2) is 19.9. The molecule has 0 radical (unpaired) electrons. The van der Waals surface area contributed by atoms with Crippen LogP contribution in [-0.4, -0.2) is 50.5 Å². The van der Waals surface area contributed by atoms with Crippen LogP contribution in [0.3, 0.4) is 0 Å². The van der Waals surface area contributed by atoms with Gasteiger partial charge in [0.2, 0.25) is 0 Å². The van der Waals surface area contributed by atoms with Crippen LogP contribution < -0.4 is 34.7 Å². The van der Waals surface area contributed by atoms with E-state index in [-0.39, 0.29) is 79.8 Å². The predicted molar refractivity (Wildman–Crippen MR) is 83.0 cm³/mol. The Morgan fingerprint density at radius 2 is 1.15 bits per heavy atom. The van der Waals surface area contributed by atoms with Crippen molar-refractivity contribution < 1.29 is 72.8 Å². The minimum Gasteiger partial charge on any atom is -0.550 e. The first-order valence-corrected chi connectivity index (χ1v) is 7.77. The number of carboxylic acid groups (broad SMARTS) is 1. The Morgan fingerprint density at radius 3 is 1.54 bits per heavy atom. The van der Waals surface area contributed by atoms with E-state index in [1.54, 1.807) is 0 Å². The number of hydrogen-bond donors (Lipinski definition) is 0. The number of carbonyl (C=O) groups excluding carboxylic acids is 5. The first kappa shape index (κ1) is 29.3. The van der Waals surface area contributed by atoms with Gasteiger partial charge in [-0.25, -0.2) is 0 Å². The van der Waals surface area contributed by atoms with E-state index in [4.69, 9.17) is 4.74 Å². The van der Waals surface area contributed by atoms with Gasteiger partial charge in [-0.15, -0.1) is 0 Å². The van der Waals surface area contributed by atoms with Crippen LogP contribution in [0.4, 0.5) is 0 Å². The van der Waals surface area contributed by atoms with Crippen molar-refractivity contribution in [2.45, 2.75) is 51.9 Å². The van der Waals surface area contributed by atoms with Crippen molar-refractivity contribution in [2.24, 2.45) is 0 Å². The summed E-state index contributed by atoms with van der Waals surface area (Å²) < 4.78 is 13.4. The number of aliphatic carboxylic acids is 1. The van der Waals surface area contributed by atoms with Gasteiger partial charge in [0.1, 0.15) is 5.78 Å². The van der Waals surface area contributed by atoms with Crippen molar-refractivity contribution in [1.82, 2.24) is 0 Å². The summed E-state index contributed by atoms with van der Waals surface area (Å²) >= 11 is 0. The smallest absolute Gasteiger partial charge is 0.550 e. The fraction of sp³-hybridized carbons (Fsp3) is 0.688. The van der Waals surface area contributed by atoms with Crippen molar-refractivity contribution >= 4 is 29.7 Å². The van der Waals surface area contributed by atoms with Crippen LogP contribution in [0.25, 0.3) is 0 Å². The average Bonchev–Trinajstić information content (AvgIpc) is 2.60. The topological polar surface area (TPSA) is 136 Å². The Hall–Kier alpha value is -1.45. The van der Waals surface area contributed by atoms with Gasteiger partial charge < -0.3 is 24.1 Å². The van der Waals surface area contributed by atoms with Crippen LogP contribution in [0.1, 0.15) is 51.9 Å². The first-order valence-electron chi connectivity index (χ1n) is 7.77. The molecule has 0 unspecified atom stereocenters. The summed E-state index contributed by atoms with van der Waals surface area (Å²) in [5.41, 5.74) is 0. The number of ether oxygens (including phenoxy) is 3. The maximum atomic E-state index is 11.2. The molecule has 0 bridgehead atoms. The van der Waals surface area contributed by atoms with Crippen LogP contribution in [0, 0.1) is 0 Å². The number of rotatable bonds is 11. The van der Waals surface area contributed by atoms with E-state index < -0.39 is 17.9 Å². The Balaban J connectivity index is -0.000000453. The van der Waals surface area contributed by atoms with E-state index in [2.05, 4.69) is 9.47 Å². The number of esters is 3. The van der Waals surface area contributed by atoms with Crippen LogP contribution in [0.15, 0.2) is 0 Å². The predicted octanol–water partition coefficient (Wildman–Crippen LogP) is -3.06. The second-order valence-electron chi connectivity index (χ2n) is 4.78. The number of ketones is 1. The molecule has 0 aliphatic rings. The Labute approximate surface area is 175 Å². The molecular weight excluding hydrogens is 359 g/mol. The molecule has 0 amide bonds. The quantitative estimate of drug-likeness (QED) is 0.206. The van der Waals surface area contributed by atoms with Gasteiger partial charge in [0.25, 0.3) is 0 Å². The van der Waals surface area contributed by atoms with Gasteiger partial charge in [-0.1, -0.05) is 6.92 Å². The fourth-order valence-corrected chi connectivity index (χ4v) is 1.30. The molecule has 0 rings (SSSR count). The van der Waals surface area contributed by atoms with Gasteiger partial charge in [-0.05, 0) is 12.8 Å². The summed E-state index contributed by atoms with van der Waals surface area (Å²) in [5, 5.41) is 9.70. The maximum absolute atomic E-state index is 11.2. The molecule has 0 atom stereocenters. The molecule has 0 saturated carbocycles. The zero-order valence-corrected chi connectivity index (χ0v) is 17.8. The molecule has 0 aromatic heterocycles. The molecule has 0 N–H and O–H groups in total. The van der Waals surface area contributed by atoms with Crippen LogP contribution in [-0.2, 0) is 38.2 Å². The minimum atomic E-state index is -1.24. The third kappa shape index (κ3) is 22.6. The average molecular weight is 384 g/mol. The maximum Gasteiger partial charge on any atom is 1.00 e. The third-order valence-electron chi connectivity index (χ3n) is 2.67. The molecule has 26 heavy (non-hydrogen) atoms. The summed E-state index contributed by atoms with van der Waals surface area (Å²) in [5.74, 6) is -2.67. The number of hydrogen-bond acceptors (Lipinski definition) is 9. The number of methoxy groups -OCH3 is 2. The van der Waals surface area contributed by atoms with E-state index >= 15 is 0 Å². The largest absolute Gasteiger partial charge is 1.00 e. The van der Waals surface area contributed by atoms with Crippen molar-refractivity contribution in [1.29, 1.82) is 0 Å². The zero-order valence-electron chi connectivity index (χ0n) is 15.8. The van der Waals surface area contributed by atoms with E-state index in [0.29, 0.717) is 6.61 Å². The van der Waals surface area contributed by atoms with Crippen LogP contribution >= 0.6 is 0 Å². The second-order valence-corrected chi connectivity index (χ2v) is 4.78. The number of Topliss-reactive ketones (excluding diaryl/α,β-unsaturated/α-hetero) is 1. The molecule has 0 saturated heterocycles. The molecule has 0 fully saturated rings. The first-order chi connectivity index (χ1) is 11.8. The molecule has 9 nitrogen and oxygen atoms in total. The minimum absolute atomic E-state index is 0. The standard InChI is InChI=1S/C11H18O5.C5H8O4.Na/c1-3-8-16-11(14)7-5-9(12)4-6-10(13)15-2;1-9-5(8)3-2-4(6)7;/h3-8H2,1-2H3;2-3H2,1H3,(H,6,7);/q;;+1/p-1. The van der Waals surface area contributed by atoms with Gasteiger partial charge in [0.15, 0.2) is 0 Å². The van der Waals surface area contributed by atoms with Crippen LogP contribution in [0.2, 0.25) is 0 Å². The molecular formula is C16H25NaO9. The van der Waals surface area contributed by atoms with Crippen molar-refractivity contribution in [3.8, 4) is 0 Å². The molecule has 0 aromatic rings. The summed E-state index contributed by atoms with van der Waals surface area (Å²) in [4.78, 5) is 52.9. The molecule has 144 valence electrons. The Morgan fingerprint density at radius 1 is 0.731 bits per heavy atom. The third-order valence-corrected chi connectivity index (χ3v) is 2.67. The van der Waals surface area contributed by atoms with Gasteiger partial charge in [-0.2, -0.15) is 0 Å². The van der Waals surface area contributed by atoms with Crippen molar-refractivity contribution in [2.75, 3.05) is 20.8 Å². The van der Waals surface area contributed by atoms with Gasteiger partial charge in [0.05, 0.1) is 40.1 Å². The summed E-state index contributed by atoms with van der Waals surface area (Å²) in [6.45, 7) is 2.28. The van der Waals surface area contributed by atoms with Gasteiger partial charge >= 0.3 is 47.5 Å². The number of carbonyl (C=O) groups is 5. The number of carboxylic acids is 1. The van der Waals surface area contributed by atoms with Crippen molar-refractivity contribution in [3.63, 3.8) is 0 Å². The Bertz CT molecular complexity index is 449. The summed E-state index contributed by atoms with van der Waals surface area (Å²) in [6.07, 6.45) is 0.778. The van der Waals surface area contributed by atoms with E-state index in [1.165, 1.54) is 14.2 Å². The summed E-state index contributed by atoms with van der Waals surface area (Å²) in [7, 11) is 2.48. The van der Waals surface area contributed by atoms with Gasteiger partial charge in [-0.3, -0.25) is 19.2 Å². The molecule has 10 heteroatoms. The van der Waals surface area contributed by atoms with Crippen molar-refractivity contribution in [3.05, 3.63) is 0 Å². The fourth-order valence-electron chi connectivity index (χ4n) is 1.30. The monoisotopic (exact) mass is 384 g/mol. The molecule has 0 aromatic carbocycles. The van der Waals surface area contributed by atoms with E-state index in [0.717, 1.165) is 6.42 Å². The zero-order chi connectivity index (χ0) is 19.7. The molecule has 0 aliphatic carbocycles. The summed E-state index contributed by atoms with van der Waals surface area (Å²) in [6, 6.07) is 0. The SMILES string of the molecule is CCCOC(=O)CCC(=O)CCC(=O)OC.COC(=O)CCC(=O)[O-].[Na+]. The van der Waals surface area contributed by atoms with E-state index in [1.807, 2.05) is 6.92 Å². The normalized spacial score (nSPS) is 8.88. The van der Waals surface area contributed by atoms with Crippen LogP contribution in [0.5, 0.6) is 0 Å². The Kier molecular flexibility index (Phi) is 22.4. The molecule has 0 heterocycles. The van der Waals surface area contributed by atoms with Gasteiger partial charge in [0, 0.05) is 18.8 Å². The molecule has 0 aliphatic heterocycles. The van der Waals surface area contributed by atoms with E-state index in [9.17, 15) is 29.1 Å².